The highest BCUT2D eigenvalue weighted by Gasteiger charge is 2.10. The van der Waals surface area contributed by atoms with Gasteiger partial charge in [-0.1, -0.05) is 55.3 Å². The molecule has 1 nitrogen and oxygen atoms in total. The summed E-state index contributed by atoms with van der Waals surface area (Å²) in [4.78, 5) is 0. The Labute approximate surface area is 158 Å². The van der Waals surface area contributed by atoms with Crippen LogP contribution in [0, 0.1) is 11.6 Å². The lowest BCUT2D eigenvalue weighted by molar-refractivity contribution is 0.536. The van der Waals surface area contributed by atoms with Crippen molar-refractivity contribution in [3.8, 4) is 0 Å². The van der Waals surface area contributed by atoms with Crippen LogP contribution in [0.15, 0.2) is 66.7 Å². The Morgan fingerprint density at radius 2 is 1.15 bits per heavy atom. The molecule has 0 aliphatic heterocycles. The van der Waals surface area contributed by atoms with Gasteiger partial charge in [-0.05, 0) is 43.5 Å². The minimum atomic E-state index is -0.430. The number of hydrogen-bond donors (Lipinski definition) is 0. The first-order chi connectivity index (χ1) is 13.3. The van der Waals surface area contributed by atoms with Crippen molar-refractivity contribution in [1.29, 1.82) is 0 Å². The molecule has 0 saturated heterocycles. The molecular weight excluding hydrogens is 340 g/mol. The molecule has 0 bridgehead atoms. The maximum absolute atomic E-state index is 13.7. The molecule has 3 heteroatoms. The summed E-state index contributed by atoms with van der Waals surface area (Å²) in [6.07, 6.45) is 4.36. The van der Waals surface area contributed by atoms with Crippen LogP contribution in [0.25, 0.3) is 21.8 Å². The summed E-state index contributed by atoms with van der Waals surface area (Å²) in [5, 5.41) is 2.59. The summed E-state index contributed by atoms with van der Waals surface area (Å²) in [7, 11) is 0. The van der Waals surface area contributed by atoms with Gasteiger partial charge < -0.3 is 4.57 Å². The number of benzene rings is 3. The first-order valence-electron chi connectivity index (χ1n) is 9.64. The smallest absolute Gasteiger partial charge is 0.129 e. The molecule has 0 aliphatic rings. The molecule has 0 radical (unpaired) electrons. The van der Waals surface area contributed by atoms with Crippen LogP contribution in [0.1, 0.15) is 31.2 Å². The molecule has 0 spiro atoms. The standard InChI is InChI=1S/C24H23F2N/c25-21-13-9-14-22(26)20(21)12-3-1-2-8-17-27-23-15-6-4-10-18(23)19-11-5-7-16-24(19)27/h4-7,9-11,13-16H,1-3,8,12,17H2. The largest absolute Gasteiger partial charge is 0.340 e. The third-order valence-corrected chi connectivity index (χ3v) is 5.30. The van der Waals surface area contributed by atoms with E-state index in [1.165, 1.54) is 40.0 Å². The number of nitrogens with zero attached hydrogens (tertiary/aromatic N) is 1. The molecular formula is C24H23F2N. The van der Waals surface area contributed by atoms with Gasteiger partial charge in [-0.15, -0.1) is 0 Å². The van der Waals surface area contributed by atoms with Crippen molar-refractivity contribution >= 4 is 21.8 Å². The van der Waals surface area contributed by atoms with Crippen molar-refractivity contribution in [2.24, 2.45) is 0 Å². The summed E-state index contributed by atoms with van der Waals surface area (Å²) in [6.45, 7) is 0.960. The highest BCUT2D eigenvalue weighted by Crippen LogP contribution is 2.29. The van der Waals surface area contributed by atoms with Crippen molar-refractivity contribution in [2.45, 2.75) is 38.6 Å². The van der Waals surface area contributed by atoms with Gasteiger partial charge in [0.2, 0.25) is 0 Å². The number of hydrogen-bond acceptors (Lipinski definition) is 0. The van der Waals surface area contributed by atoms with E-state index < -0.39 is 11.6 Å². The molecule has 3 aromatic carbocycles. The molecule has 138 valence electrons. The molecule has 0 amide bonds. The summed E-state index contributed by atoms with van der Waals surface area (Å²) in [5.41, 5.74) is 2.76. The van der Waals surface area contributed by atoms with Gasteiger partial charge >= 0.3 is 0 Å². The Balaban J connectivity index is 1.37. The predicted molar refractivity (Wildman–Crippen MR) is 108 cm³/mol. The molecule has 0 saturated carbocycles. The molecule has 0 unspecified atom stereocenters. The Kier molecular flexibility index (Phi) is 5.19. The first kappa shape index (κ1) is 17.7. The number of aromatic nitrogens is 1. The zero-order valence-corrected chi connectivity index (χ0v) is 15.3. The summed E-state index contributed by atoms with van der Waals surface area (Å²) in [5.74, 6) is -0.861. The Hall–Kier alpha value is -2.68. The van der Waals surface area contributed by atoms with Crippen LogP contribution in [0.4, 0.5) is 8.78 Å². The average molecular weight is 363 g/mol. The third-order valence-electron chi connectivity index (χ3n) is 5.30. The second-order valence-corrected chi connectivity index (χ2v) is 7.05. The normalized spacial score (nSPS) is 11.5. The van der Waals surface area contributed by atoms with E-state index in [1.54, 1.807) is 0 Å². The van der Waals surface area contributed by atoms with Gasteiger partial charge in [0, 0.05) is 33.9 Å². The number of aryl methyl sites for hydroxylation is 1. The fourth-order valence-corrected chi connectivity index (χ4v) is 3.94. The van der Waals surface area contributed by atoms with Gasteiger partial charge in [-0.2, -0.15) is 0 Å². The Morgan fingerprint density at radius 3 is 1.78 bits per heavy atom. The van der Waals surface area contributed by atoms with Crippen LogP contribution < -0.4 is 0 Å². The second kappa shape index (κ2) is 7.91. The highest BCUT2D eigenvalue weighted by atomic mass is 19.1. The first-order valence-corrected chi connectivity index (χ1v) is 9.64. The number of para-hydroxylation sites is 2. The zero-order valence-electron chi connectivity index (χ0n) is 15.3. The molecule has 0 atom stereocenters. The van der Waals surface area contributed by atoms with Crippen LogP contribution in [-0.2, 0) is 13.0 Å². The van der Waals surface area contributed by atoms with Crippen LogP contribution >= 0.6 is 0 Å². The third kappa shape index (κ3) is 3.59. The average Bonchev–Trinajstić information content (AvgIpc) is 3.01. The molecule has 27 heavy (non-hydrogen) atoms. The number of rotatable bonds is 7. The van der Waals surface area contributed by atoms with Crippen molar-refractivity contribution in [1.82, 2.24) is 4.57 Å². The number of unbranched alkanes of at least 4 members (excludes halogenated alkanes) is 3. The number of halogens is 2. The van der Waals surface area contributed by atoms with Crippen LogP contribution in [0.5, 0.6) is 0 Å². The van der Waals surface area contributed by atoms with Crippen molar-refractivity contribution in [3.05, 3.63) is 83.9 Å². The second-order valence-electron chi connectivity index (χ2n) is 7.05. The SMILES string of the molecule is Fc1cccc(F)c1CCCCCCn1c2ccccc2c2ccccc21. The maximum Gasteiger partial charge on any atom is 0.129 e. The lowest BCUT2D eigenvalue weighted by Gasteiger charge is -2.08. The summed E-state index contributed by atoms with van der Waals surface area (Å²) >= 11 is 0. The molecule has 4 rings (SSSR count). The molecule has 1 heterocycles. The van der Waals surface area contributed by atoms with E-state index in [4.69, 9.17) is 0 Å². The summed E-state index contributed by atoms with van der Waals surface area (Å²) < 4.78 is 29.7. The zero-order chi connectivity index (χ0) is 18.6. The monoisotopic (exact) mass is 363 g/mol. The van der Waals surface area contributed by atoms with Gasteiger partial charge in [-0.25, -0.2) is 8.78 Å². The van der Waals surface area contributed by atoms with E-state index in [2.05, 4.69) is 53.1 Å². The molecule has 0 fully saturated rings. The van der Waals surface area contributed by atoms with Gasteiger partial charge in [0.05, 0.1) is 0 Å². The summed E-state index contributed by atoms with van der Waals surface area (Å²) in [6, 6.07) is 21.1. The highest BCUT2D eigenvalue weighted by molar-refractivity contribution is 6.07. The molecule has 0 N–H and O–H groups in total. The van der Waals surface area contributed by atoms with E-state index in [0.29, 0.717) is 6.42 Å². The van der Waals surface area contributed by atoms with Gasteiger partial charge in [0.25, 0.3) is 0 Å². The Bertz CT molecular complexity index is 991. The number of fused-ring (bicyclic) bond motifs is 3. The van der Waals surface area contributed by atoms with E-state index in [-0.39, 0.29) is 5.56 Å². The van der Waals surface area contributed by atoms with Gasteiger partial charge in [0.1, 0.15) is 11.6 Å². The predicted octanol–water partition coefficient (Wildman–Crippen LogP) is 6.88. The van der Waals surface area contributed by atoms with Gasteiger partial charge in [-0.3, -0.25) is 0 Å². The molecule has 0 aliphatic carbocycles. The van der Waals surface area contributed by atoms with Crippen LogP contribution in [-0.4, -0.2) is 4.57 Å². The van der Waals surface area contributed by atoms with Crippen molar-refractivity contribution in [3.63, 3.8) is 0 Å². The minimum Gasteiger partial charge on any atom is -0.340 e. The van der Waals surface area contributed by atoms with Crippen molar-refractivity contribution < 1.29 is 8.78 Å². The van der Waals surface area contributed by atoms with Gasteiger partial charge in [0.15, 0.2) is 0 Å². The lowest BCUT2D eigenvalue weighted by Crippen LogP contribution is -1.98. The van der Waals surface area contributed by atoms with E-state index >= 15 is 0 Å². The van der Waals surface area contributed by atoms with Crippen LogP contribution in [0.3, 0.4) is 0 Å². The fourth-order valence-electron chi connectivity index (χ4n) is 3.94. The Morgan fingerprint density at radius 1 is 0.593 bits per heavy atom. The van der Waals surface area contributed by atoms with E-state index in [9.17, 15) is 8.78 Å². The lowest BCUT2D eigenvalue weighted by atomic mass is 10.0. The minimum absolute atomic E-state index is 0.222. The van der Waals surface area contributed by atoms with E-state index in [0.717, 1.165) is 32.2 Å². The quantitative estimate of drug-likeness (QED) is 0.316. The fraction of sp³-hybridized carbons (Fsp3) is 0.250. The van der Waals surface area contributed by atoms with E-state index in [1.807, 2.05) is 0 Å². The molecule has 1 aromatic heterocycles. The molecule has 4 aromatic rings. The van der Waals surface area contributed by atoms with Crippen LogP contribution in [0.2, 0.25) is 0 Å². The maximum atomic E-state index is 13.7. The topological polar surface area (TPSA) is 4.93 Å². The van der Waals surface area contributed by atoms with Crippen molar-refractivity contribution in [2.75, 3.05) is 0 Å².